The zero-order valence-electron chi connectivity index (χ0n) is 11.3. The Bertz CT molecular complexity index is 585. The maximum absolute atomic E-state index is 9.96. The highest BCUT2D eigenvalue weighted by molar-refractivity contribution is 9.10. The van der Waals surface area contributed by atoms with Gasteiger partial charge in [-0.1, -0.05) is 40.2 Å². The average molecular weight is 332 g/mol. The van der Waals surface area contributed by atoms with E-state index in [1.54, 1.807) is 6.07 Å². The minimum absolute atomic E-state index is 0.384. The van der Waals surface area contributed by atoms with E-state index in [2.05, 4.69) is 45.1 Å². The Kier molecular flexibility index (Phi) is 4.08. The van der Waals surface area contributed by atoms with Crippen LogP contribution < -0.4 is 0 Å². The lowest BCUT2D eigenvalue weighted by atomic mass is 10.0. The number of nitrogens with zero attached hydrogens (tertiary/aromatic N) is 1. The molecule has 20 heavy (non-hydrogen) atoms. The predicted octanol–water partition coefficient (Wildman–Crippen LogP) is 3.76. The van der Waals surface area contributed by atoms with Gasteiger partial charge in [0.1, 0.15) is 5.75 Å². The molecular formula is C17H18BrNO. The number of phenols is 1. The Hall–Kier alpha value is -1.32. The van der Waals surface area contributed by atoms with Crippen molar-refractivity contribution in [1.29, 1.82) is 0 Å². The van der Waals surface area contributed by atoms with Gasteiger partial charge in [0.2, 0.25) is 0 Å². The van der Waals surface area contributed by atoms with Crippen molar-refractivity contribution >= 4 is 15.9 Å². The fraction of sp³-hybridized carbons (Fsp3) is 0.294. The topological polar surface area (TPSA) is 23.5 Å². The molecule has 0 radical (unpaired) electrons. The zero-order valence-corrected chi connectivity index (χ0v) is 12.9. The predicted molar refractivity (Wildman–Crippen MR) is 84.9 cm³/mol. The molecule has 0 aliphatic carbocycles. The minimum atomic E-state index is 0.384. The van der Waals surface area contributed by atoms with Gasteiger partial charge in [-0.15, -0.1) is 0 Å². The zero-order chi connectivity index (χ0) is 13.9. The molecular weight excluding hydrogens is 314 g/mol. The van der Waals surface area contributed by atoms with E-state index < -0.39 is 0 Å². The standard InChI is InChI=1S/C17H18BrNO/c18-16-5-6-17(20)15(11-16)12-19-9-7-13-3-1-2-4-14(13)8-10-19/h1-6,11,20H,7-10,12H2. The Morgan fingerprint density at radius 2 is 1.65 bits per heavy atom. The fourth-order valence-electron chi connectivity index (χ4n) is 2.79. The summed E-state index contributed by atoms with van der Waals surface area (Å²) in [6.45, 7) is 2.89. The summed E-state index contributed by atoms with van der Waals surface area (Å²) in [6, 6.07) is 14.3. The second-order valence-corrected chi connectivity index (χ2v) is 6.23. The molecule has 0 amide bonds. The SMILES string of the molecule is Oc1ccc(Br)cc1CN1CCc2ccccc2CC1. The van der Waals surface area contributed by atoms with Gasteiger partial charge in [0.25, 0.3) is 0 Å². The first-order valence-corrected chi connectivity index (χ1v) is 7.78. The summed E-state index contributed by atoms with van der Waals surface area (Å²) < 4.78 is 1.02. The number of fused-ring (bicyclic) bond motifs is 1. The van der Waals surface area contributed by atoms with Crippen LogP contribution in [0.5, 0.6) is 5.75 Å². The quantitative estimate of drug-likeness (QED) is 0.905. The van der Waals surface area contributed by atoms with E-state index >= 15 is 0 Å². The van der Waals surface area contributed by atoms with Gasteiger partial charge in [-0.2, -0.15) is 0 Å². The van der Waals surface area contributed by atoms with Gasteiger partial charge >= 0.3 is 0 Å². The molecule has 1 N–H and O–H groups in total. The summed E-state index contributed by atoms with van der Waals surface area (Å²) >= 11 is 3.47. The molecule has 0 bridgehead atoms. The number of rotatable bonds is 2. The highest BCUT2D eigenvalue weighted by Gasteiger charge is 2.15. The second kappa shape index (κ2) is 5.98. The Labute approximate surface area is 128 Å². The highest BCUT2D eigenvalue weighted by atomic mass is 79.9. The lowest BCUT2D eigenvalue weighted by Gasteiger charge is -2.20. The first kappa shape index (κ1) is 13.7. The second-order valence-electron chi connectivity index (χ2n) is 5.32. The van der Waals surface area contributed by atoms with Crippen LogP contribution in [0.3, 0.4) is 0 Å². The van der Waals surface area contributed by atoms with Crippen LogP contribution in [0.15, 0.2) is 46.9 Å². The van der Waals surface area contributed by atoms with Gasteiger partial charge in [0.15, 0.2) is 0 Å². The van der Waals surface area contributed by atoms with Crippen molar-refractivity contribution in [2.75, 3.05) is 13.1 Å². The lowest BCUT2D eigenvalue weighted by molar-refractivity contribution is 0.275. The van der Waals surface area contributed by atoms with Crippen LogP contribution in [-0.2, 0) is 19.4 Å². The molecule has 2 aromatic carbocycles. The van der Waals surface area contributed by atoms with Crippen LogP contribution in [0.2, 0.25) is 0 Å². The van der Waals surface area contributed by atoms with Crippen LogP contribution >= 0.6 is 15.9 Å². The maximum Gasteiger partial charge on any atom is 0.120 e. The minimum Gasteiger partial charge on any atom is -0.508 e. The van der Waals surface area contributed by atoms with E-state index in [-0.39, 0.29) is 0 Å². The summed E-state index contributed by atoms with van der Waals surface area (Å²) in [4.78, 5) is 2.42. The van der Waals surface area contributed by atoms with Crippen molar-refractivity contribution in [2.45, 2.75) is 19.4 Å². The molecule has 0 atom stereocenters. The van der Waals surface area contributed by atoms with Gasteiger partial charge in [-0.05, 0) is 42.2 Å². The summed E-state index contributed by atoms with van der Waals surface area (Å²) in [5.74, 6) is 0.384. The molecule has 104 valence electrons. The molecule has 0 saturated carbocycles. The van der Waals surface area contributed by atoms with Crippen molar-refractivity contribution in [1.82, 2.24) is 4.90 Å². The molecule has 1 aliphatic heterocycles. The number of phenolic OH excluding ortho intramolecular Hbond substituents is 1. The Morgan fingerprint density at radius 3 is 2.30 bits per heavy atom. The average Bonchev–Trinajstić information content (AvgIpc) is 2.66. The highest BCUT2D eigenvalue weighted by Crippen LogP contribution is 2.24. The Morgan fingerprint density at radius 1 is 1.00 bits per heavy atom. The van der Waals surface area contributed by atoms with Crippen LogP contribution in [-0.4, -0.2) is 23.1 Å². The van der Waals surface area contributed by atoms with E-state index in [1.807, 2.05) is 12.1 Å². The van der Waals surface area contributed by atoms with Crippen molar-refractivity contribution in [2.24, 2.45) is 0 Å². The molecule has 3 rings (SSSR count). The number of halogens is 1. The first-order valence-electron chi connectivity index (χ1n) is 6.99. The van der Waals surface area contributed by atoms with Crippen LogP contribution in [0.25, 0.3) is 0 Å². The molecule has 3 heteroatoms. The van der Waals surface area contributed by atoms with Crippen LogP contribution in [0.1, 0.15) is 16.7 Å². The molecule has 0 spiro atoms. The molecule has 2 nitrogen and oxygen atoms in total. The molecule has 2 aromatic rings. The van der Waals surface area contributed by atoms with Gasteiger partial charge < -0.3 is 5.11 Å². The van der Waals surface area contributed by atoms with Gasteiger partial charge in [-0.25, -0.2) is 0 Å². The smallest absolute Gasteiger partial charge is 0.120 e. The Balaban J connectivity index is 1.73. The van der Waals surface area contributed by atoms with Gasteiger partial charge in [-0.3, -0.25) is 4.90 Å². The monoisotopic (exact) mass is 331 g/mol. The number of benzene rings is 2. The first-order chi connectivity index (χ1) is 9.72. The number of hydrogen-bond acceptors (Lipinski definition) is 2. The number of hydrogen-bond donors (Lipinski definition) is 1. The van der Waals surface area contributed by atoms with E-state index in [0.717, 1.165) is 42.5 Å². The third-order valence-electron chi connectivity index (χ3n) is 3.95. The van der Waals surface area contributed by atoms with E-state index in [1.165, 1.54) is 11.1 Å². The summed E-state index contributed by atoms with van der Waals surface area (Å²) in [6.07, 6.45) is 2.18. The van der Waals surface area contributed by atoms with E-state index in [9.17, 15) is 5.11 Å². The summed E-state index contributed by atoms with van der Waals surface area (Å²) in [5.41, 5.74) is 3.92. The molecule has 0 unspecified atom stereocenters. The van der Waals surface area contributed by atoms with Gasteiger partial charge in [0, 0.05) is 29.7 Å². The third kappa shape index (κ3) is 3.05. The summed E-state index contributed by atoms with van der Waals surface area (Å²) in [5, 5.41) is 9.96. The fourth-order valence-corrected chi connectivity index (χ4v) is 3.20. The molecule has 0 saturated heterocycles. The largest absolute Gasteiger partial charge is 0.508 e. The number of aromatic hydroxyl groups is 1. The van der Waals surface area contributed by atoms with Crippen molar-refractivity contribution in [3.8, 4) is 5.75 Å². The lowest BCUT2D eigenvalue weighted by Crippen LogP contribution is -2.25. The molecule has 1 heterocycles. The van der Waals surface area contributed by atoms with E-state index in [0.29, 0.717) is 5.75 Å². The van der Waals surface area contributed by atoms with Crippen molar-refractivity contribution in [3.63, 3.8) is 0 Å². The van der Waals surface area contributed by atoms with Crippen LogP contribution in [0.4, 0.5) is 0 Å². The third-order valence-corrected chi connectivity index (χ3v) is 4.44. The van der Waals surface area contributed by atoms with Crippen molar-refractivity contribution in [3.05, 3.63) is 63.6 Å². The molecule has 1 aliphatic rings. The normalized spacial score (nSPS) is 15.7. The van der Waals surface area contributed by atoms with Crippen molar-refractivity contribution < 1.29 is 5.11 Å². The van der Waals surface area contributed by atoms with Crippen LogP contribution in [0, 0.1) is 0 Å². The summed E-state index contributed by atoms with van der Waals surface area (Å²) in [7, 11) is 0. The van der Waals surface area contributed by atoms with E-state index in [4.69, 9.17) is 0 Å². The molecule has 0 fully saturated rings. The van der Waals surface area contributed by atoms with Gasteiger partial charge in [0.05, 0.1) is 0 Å². The molecule has 0 aromatic heterocycles. The maximum atomic E-state index is 9.96.